The highest BCUT2D eigenvalue weighted by molar-refractivity contribution is 9.10. The molecule has 1 aromatic carbocycles. The average Bonchev–Trinajstić information content (AvgIpc) is 2.98. The molecular weight excluding hydrogens is 302 g/mol. The standard InChI is InChI=1S/C12H12BrNO2S/c1-17(15)16-14-11-7-12(4-5-12)10-6-8(13)2-3-9(10)11/h2-3,6H,4-5,7H2,1H3/b14-11-. The minimum absolute atomic E-state index is 0.288. The Morgan fingerprint density at radius 1 is 1.47 bits per heavy atom. The van der Waals surface area contributed by atoms with Crippen LogP contribution in [0.4, 0.5) is 0 Å². The van der Waals surface area contributed by atoms with Crippen LogP contribution in [0.5, 0.6) is 0 Å². The van der Waals surface area contributed by atoms with Gasteiger partial charge in [-0.25, -0.2) is 4.21 Å². The van der Waals surface area contributed by atoms with E-state index < -0.39 is 11.1 Å². The van der Waals surface area contributed by atoms with Crippen LogP contribution in [0.15, 0.2) is 27.8 Å². The molecule has 2 aliphatic carbocycles. The minimum atomic E-state index is -1.34. The average molecular weight is 314 g/mol. The largest absolute Gasteiger partial charge is 0.292 e. The monoisotopic (exact) mass is 313 g/mol. The number of fused-ring (bicyclic) bond motifs is 2. The van der Waals surface area contributed by atoms with Crippen LogP contribution in [-0.2, 0) is 20.8 Å². The van der Waals surface area contributed by atoms with E-state index in [4.69, 9.17) is 4.28 Å². The second-order valence-electron chi connectivity index (χ2n) is 4.66. The van der Waals surface area contributed by atoms with E-state index in [1.807, 2.05) is 6.07 Å². The Bertz CT molecular complexity index is 537. The zero-order valence-electron chi connectivity index (χ0n) is 9.40. The molecule has 1 saturated carbocycles. The van der Waals surface area contributed by atoms with Gasteiger partial charge in [-0.1, -0.05) is 27.2 Å². The molecule has 0 heterocycles. The Balaban J connectivity index is 2.02. The van der Waals surface area contributed by atoms with Gasteiger partial charge in [0.1, 0.15) is 0 Å². The van der Waals surface area contributed by atoms with Gasteiger partial charge in [0.05, 0.1) is 12.0 Å². The predicted molar refractivity (Wildman–Crippen MR) is 71.4 cm³/mol. The van der Waals surface area contributed by atoms with Crippen LogP contribution in [-0.4, -0.2) is 16.2 Å². The Labute approximate surface area is 111 Å². The van der Waals surface area contributed by atoms with Crippen molar-refractivity contribution in [2.45, 2.75) is 24.7 Å². The summed E-state index contributed by atoms with van der Waals surface area (Å²) >= 11 is 2.16. The Hall–Kier alpha value is -0.680. The smallest absolute Gasteiger partial charge is 0.229 e. The van der Waals surface area contributed by atoms with Crippen LogP contribution in [0.1, 0.15) is 30.4 Å². The lowest BCUT2D eigenvalue weighted by Crippen LogP contribution is -2.01. The second-order valence-corrected chi connectivity index (χ2v) is 6.53. The number of hydrogen-bond donors (Lipinski definition) is 0. The number of hydrogen-bond acceptors (Lipinski definition) is 3. The highest BCUT2D eigenvalue weighted by atomic mass is 79.9. The van der Waals surface area contributed by atoms with Crippen LogP contribution >= 0.6 is 15.9 Å². The third-order valence-electron chi connectivity index (χ3n) is 3.48. The molecule has 0 bridgehead atoms. The molecule has 0 aromatic heterocycles. The maximum Gasteiger partial charge on any atom is 0.229 e. The van der Waals surface area contributed by atoms with E-state index in [1.165, 1.54) is 24.7 Å². The summed E-state index contributed by atoms with van der Waals surface area (Å²) in [5.74, 6) is 0. The fraction of sp³-hybridized carbons (Fsp3) is 0.417. The van der Waals surface area contributed by atoms with Gasteiger partial charge in [0.15, 0.2) is 0 Å². The summed E-state index contributed by atoms with van der Waals surface area (Å²) in [4.78, 5) is 0. The number of rotatable bonds is 2. The van der Waals surface area contributed by atoms with Crippen molar-refractivity contribution >= 4 is 32.7 Å². The van der Waals surface area contributed by atoms with Crippen LogP contribution in [0, 0.1) is 0 Å². The molecule has 0 N–H and O–H groups in total. The van der Waals surface area contributed by atoms with Crippen molar-refractivity contribution in [3.05, 3.63) is 33.8 Å². The van der Waals surface area contributed by atoms with Gasteiger partial charge in [0, 0.05) is 21.9 Å². The van der Waals surface area contributed by atoms with Crippen molar-refractivity contribution in [2.75, 3.05) is 6.26 Å². The molecule has 3 rings (SSSR count). The Morgan fingerprint density at radius 3 is 2.88 bits per heavy atom. The molecule has 0 saturated heterocycles. The molecule has 17 heavy (non-hydrogen) atoms. The van der Waals surface area contributed by atoms with Crippen LogP contribution in [0.3, 0.4) is 0 Å². The Morgan fingerprint density at radius 2 is 2.24 bits per heavy atom. The van der Waals surface area contributed by atoms with Crippen LogP contribution < -0.4 is 0 Å². The van der Waals surface area contributed by atoms with E-state index in [-0.39, 0.29) is 5.41 Å². The molecule has 1 atom stereocenters. The van der Waals surface area contributed by atoms with Gasteiger partial charge in [-0.15, -0.1) is 0 Å². The first-order valence-electron chi connectivity index (χ1n) is 5.49. The number of benzene rings is 1. The minimum Gasteiger partial charge on any atom is -0.292 e. The maximum absolute atomic E-state index is 10.9. The Kier molecular flexibility index (Phi) is 2.63. The summed E-state index contributed by atoms with van der Waals surface area (Å²) in [5.41, 5.74) is 3.73. The molecule has 90 valence electrons. The van der Waals surface area contributed by atoms with Gasteiger partial charge in [-0.3, -0.25) is 4.28 Å². The highest BCUT2D eigenvalue weighted by Gasteiger charge is 2.51. The lowest BCUT2D eigenvalue weighted by atomic mass is 9.99. The topological polar surface area (TPSA) is 38.7 Å². The van der Waals surface area contributed by atoms with Gasteiger partial charge < -0.3 is 0 Å². The summed E-state index contributed by atoms with van der Waals surface area (Å²) in [6, 6.07) is 6.25. The van der Waals surface area contributed by atoms with E-state index in [0.717, 1.165) is 22.2 Å². The van der Waals surface area contributed by atoms with E-state index in [0.29, 0.717) is 0 Å². The summed E-state index contributed by atoms with van der Waals surface area (Å²) < 4.78 is 16.9. The number of nitrogens with zero attached hydrogens (tertiary/aromatic N) is 1. The molecule has 1 fully saturated rings. The molecule has 0 amide bonds. The molecule has 1 unspecified atom stereocenters. The van der Waals surface area contributed by atoms with Crippen molar-refractivity contribution in [2.24, 2.45) is 5.16 Å². The molecule has 0 radical (unpaired) electrons. The van der Waals surface area contributed by atoms with Gasteiger partial charge >= 0.3 is 0 Å². The molecular formula is C12H12BrNO2S. The first kappa shape index (κ1) is 11.4. The van der Waals surface area contributed by atoms with Crippen LogP contribution in [0.2, 0.25) is 0 Å². The lowest BCUT2D eigenvalue weighted by molar-refractivity contribution is 0.375. The van der Waals surface area contributed by atoms with Crippen LogP contribution in [0.25, 0.3) is 0 Å². The molecule has 0 aliphatic heterocycles. The quantitative estimate of drug-likeness (QED) is 0.787. The fourth-order valence-electron chi connectivity index (χ4n) is 2.49. The summed E-state index contributed by atoms with van der Waals surface area (Å²) in [6.07, 6.45) is 4.82. The summed E-state index contributed by atoms with van der Waals surface area (Å²) in [5, 5.41) is 4.03. The second kappa shape index (κ2) is 3.92. The SMILES string of the molecule is CS(=O)O/N=C1/CC2(CC2)c2cc(Br)ccc21. The first-order valence-corrected chi connectivity index (χ1v) is 7.77. The van der Waals surface area contributed by atoms with Gasteiger partial charge in [-0.2, -0.15) is 0 Å². The molecule has 3 nitrogen and oxygen atoms in total. The van der Waals surface area contributed by atoms with E-state index >= 15 is 0 Å². The van der Waals surface area contributed by atoms with Crippen molar-refractivity contribution < 1.29 is 8.49 Å². The molecule has 1 aromatic rings. The number of halogens is 1. The molecule has 2 aliphatic rings. The highest BCUT2D eigenvalue weighted by Crippen LogP contribution is 2.57. The lowest BCUT2D eigenvalue weighted by Gasteiger charge is -2.06. The summed E-state index contributed by atoms with van der Waals surface area (Å²) in [6.45, 7) is 0. The van der Waals surface area contributed by atoms with E-state index in [2.05, 4.69) is 33.2 Å². The van der Waals surface area contributed by atoms with Crippen molar-refractivity contribution in [1.82, 2.24) is 0 Å². The maximum atomic E-state index is 10.9. The first-order chi connectivity index (χ1) is 8.11. The van der Waals surface area contributed by atoms with Crippen molar-refractivity contribution in [3.63, 3.8) is 0 Å². The van der Waals surface area contributed by atoms with Gasteiger partial charge in [-0.05, 0) is 30.5 Å². The van der Waals surface area contributed by atoms with Crippen molar-refractivity contribution in [1.29, 1.82) is 0 Å². The summed E-state index contributed by atoms with van der Waals surface area (Å²) in [7, 11) is 0. The third-order valence-corrected chi connectivity index (χ3v) is 4.25. The zero-order chi connectivity index (χ0) is 12.0. The molecule has 5 heteroatoms. The predicted octanol–water partition coefficient (Wildman–Crippen LogP) is 2.90. The van der Waals surface area contributed by atoms with E-state index in [9.17, 15) is 4.21 Å². The zero-order valence-corrected chi connectivity index (χ0v) is 11.8. The number of oxime groups is 1. The van der Waals surface area contributed by atoms with Gasteiger partial charge in [0.2, 0.25) is 11.1 Å². The van der Waals surface area contributed by atoms with Gasteiger partial charge in [0.25, 0.3) is 0 Å². The fourth-order valence-corrected chi connectivity index (χ4v) is 3.05. The normalized spacial score (nSPS) is 23.8. The van der Waals surface area contributed by atoms with Crippen molar-refractivity contribution in [3.8, 4) is 0 Å². The van der Waals surface area contributed by atoms with E-state index in [1.54, 1.807) is 0 Å². The third kappa shape index (κ3) is 1.95. The molecule has 1 spiro atoms.